The molecule has 0 radical (unpaired) electrons. The number of aliphatic hydroxyl groups is 1. The molecule has 1 saturated carbocycles. The van der Waals surface area contributed by atoms with Crippen LogP contribution in [0.25, 0.3) is 0 Å². The molecule has 0 bridgehead atoms. The maximum atomic E-state index is 13.7. The molecule has 1 fully saturated rings. The van der Waals surface area contributed by atoms with Crippen LogP contribution in [0.1, 0.15) is 55.7 Å². The Hall–Kier alpha value is -2.64. The van der Waals surface area contributed by atoms with Crippen molar-refractivity contribution in [1.29, 1.82) is 0 Å². The number of hydrogen-bond acceptors (Lipinski definition) is 4. The van der Waals surface area contributed by atoms with Gasteiger partial charge in [-0.05, 0) is 60.4 Å². The Kier molecular flexibility index (Phi) is 9.72. The van der Waals surface area contributed by atoms with Crippen molar-refractivity contribution in [2.45, 2.75) is 70.6 Å². The van der Waals surface area contributed by atoms with Gasteiger partial charge in [-0.15, -0.1) is 0 Å². The number of halogens is 2. The molecule has 7 heteroatoms. The lowest BCUT2D eigenvalue weighted by molar-refractivity contribution is -0.125. The summed E-state index contributed by atoms with van der Waals surface area (Å²) >= 11 is 0. The molecule has 2 aromatic carbocycles. The maximum Gasteiger partial charge on any atom is 0.220 e. The molecular formula is C27H34F2N2O3. The number of benzene rings is 2. The fourth-order valence-corrected chi connectivity index (χ4v) is 4.55. The highest BCUT2D eigenvalue weighted by atomic mass is 19.1. The molecule has 184 valence electrons. The molecule has 3 unspecified atom stereocenters. The molecule has 0 saturated heterocycles. The Morgan fingerprint density at radius 3 is 2.56 bits per heavy atom. The number of carbonyl (C=O) groups excluding carboxylic acids is 2. The second-order valence-electron chi connectivity index (χ2n) is 9.23. The van der Waals surface area contributed by atoms with Gasteiger partial charge in [-0.1, -0.05) is 31.2 Å². The van der Waals surface area contributed by atoms with Crippen molar-refractivity contribution in [3.05, 3.63) is 70.8 Å². The highest BCUT2D eigenvalue weighted by Gasteiger charge is 2.26. The molecule has 1 aliphatic rings. The number of nitrogens with one attached hydrogen (secondary N) is 2. The number of aryl methyl sites for hydroxylation is 1. The van der Waals surface area contributed by atoms with Gasteiger partial charge >= 0.3 is 0 Å². The molecule has 3 N–H and O–H groups in total. The van der Waals surface area contributed by atoms with E-state index in [0.29, 0.717) is 24.9 Å². The Balaban J connectivity index is 1.62. The molecule has 0 spiro atoms. The quantitative estimate of drug-likeness (QED) is 0.464. The lowest BCUT2D eigenvalue weighted by Crippen LogP contribution is -2.49. The first-order valence-corrected chi connectivity index (χ1v) is 12.0. The second kappa shape index (κ2) is 12.7. The monoisotopic (exact) mass is 472 g/mol. The summed E-state index contributed by atoms with van der Waals surface area (Å²) in [7, 11) is 0. The van der Waals surface area contributed by atoms with Gasteiger partial charge in [-0.25, -0.2) is 8.78 Å². The fourth-order valence-electron chi connectivity index (χ4n) is 4.55. The first kappa shape index (κ1) is 26.0. The fraction of sp³-hybridized carbons (Fsp3) is 0.481. The number of aliphatic hydroxyl groups excluding tert-OH is 1. The van der Waals surface area contributed by atoms with Crippen molar-refractivity contribution >= 4 is 11.7 Å². The Morgan fingerprint density at radius 1 is 1.12 bits per heavy atom. The van der Waals surface area contributed by atoms with Gasteiger partial charge in [-0.3, -0.25) is 9.59 Å². The molecule has 5 nitrogen and oxygen atoms in total. The van der Waals surface area contributed by atoms with E-state index in [1.807, 2.05) is 12.1 Å². The van der Waals surface area contributed by atoms with Crippen molar-refractivity contribution in [2.75, 3.05) is 6.54 Å². The van der Waals surface area contributed by atoms with Gasteiger partial charge < -0.3 is 15.7 Å². The molecule has 1 amide bonds. The summed E-state index contributed by atoms with van der Waals surface area (Å²) in [4.78, 5) is 24.4. The van der Waals surface area contributed by atoms with Crippen LogP contribution in [0.15, 0.2) is 42.5 Å². The first-order valence-electron chi connectivity index (χ1n) is 12.0. The first-order chi connectivity index (χ1) is 16.3. The minimum atomic E-state index is -0.974. The van der Waals surface area contributed by atoms with Crippen molar-refractivity contribution in [2.24, 2.45) is 5.92 Å². The lowest BCUT2D eigenvalue weighted by Gasteiger charge is -2.27. The number of rotatable bonds is 11. The predicted molar refractivity (Wildman–Crippen MR) is 127 cm³/mol. The zero-order valence-corrected chi connectivity index (χ0v) is 19.7. The zero-order chi connectivity index (χ0) is 24.5. The molecule has 0 aliphatic heterocycles. The Labute approximate surface area is 200 Å². The van der Waals surface area contributed by atoms with Crippen molar-refractivity contribution < 1.29 is 23.5 Å². The van der Waals surface area contributed by atoms with E-state index in [2.05, 4.69) is 29.7 Å². The molecule has 0 heterocycles. The molecular weight excluding hydrogens is 438 g/mol. The van der Waals surface area contributed by atoms with Gasteiger partial charge in [0.2, 0.25) is 5.91 Å². The van der Waals surface area contributed by atoms with Gasteiger partial charge in [0, 0.05) is 38.4 Å². The van der Waals surface area contributed by atoms with Crippen LogP contribution < -0.4 is 10.6 Å². The van der Waals surface area contributed by atoms with E-state index in [1.165, 1.54) is 17.7 Å². The van der Waals surface area contributed by atoms with E-state index in [-0.39, 0.29) is 37.0 Å². The predicted octanol–water partition coefficient (Wildman–Crippen LogP) is 3.85. The SMILES string of the molecule is CCc1cccc(CNCC(O)C(Cc2cc(F)cc(F)c2)NC(=O)CC2CCCC(=O)C2)c1. The number of hydrogen-bond donors (Lipinski definition) is 3. The van der Waals surface area contributed by atoms with Crippen molar-refractivity contribution in [1.82, 2.24) is 10.6 Å². The van der Waals surface area contributed by atoms with E-state index in [9.17, 15) is 23.5 Å². The topological polar surface area (TPSA) is 78.4 Å². The summed E-state index contributed by atoms with van der Waals surface area (Å²) in [6.45, 7) is 2.83. The summed E-state index contributed by atoms with van der Waals surface area (Å²) < 4.78 is 27.4. The van der Waals surface area contributed by atoms with Crippen LogP contribution >= 0.6 is 0 Å². The van der Waals surface area contributed by atoms with E-state index in [1.54, 1.807) is 0 Å². The van der Waals surface area contributed by atoms with Crippen LogP contribution in [0.4, 0.5) is 8.78 Å². The average molecular weight is 473 g/mol. The Bertz CT molecular complexity index is 962. The Morgan fingerprint density at radius 2 is 1.85 bits per heavy atom. The third kappa shape index (κ3) is 8.29. The number of carbonyl (C=O) groups is 2. The van der Waals surface area contributed by atoms with Crippen LogP contribution in [-0.4, -0.2) is 35.5 Å². The smallest absolute Gasteiger partial charge is 0.220 e. The minimum absolute atomic E-state index is 0.00498. The second-order valence-corrected chi connectivity index (χ2v) is 9.23. The largest absolute Gasteiger partial charge is 0.390 e. The third-order valence-electron chi connectivity index (χ3n) is 6.33. The van der Waals surface area contributed by atoms with E-state index < -0.39 is 23.8 Å². The van der Waals surface area contributed by atoms with Crippen LogP contribution in [0.2, 0.25) is 0 Å². The number of ketones is 1. The van der Waals surface area contributed by atoms with E-state index in [4.69, 9.17) is 0 Å². The summed E-state index contributed by atoms with van der Waals surface area (Å²) in [5, 5.41) is 16.9. The average Bonchev–Trinajstić information content (AvgIpc) is 2.78. The van der Waals surface area contributed by atoms with Gasteiger partial charge in [-0.2, -0.15) is 0 Å². The summed E-state index contributed by atoms with van der Waals surface area (Å²) in [6.07, 6.45) is 2.81. The molecule has 1 aliphatic carbocycles. The lowest BCUT2D eigenvalue weighted by atomic mass is 9.86. The van der Waals surface area contributed by atoms with Crippen molar-refractivity contribution in [3.8, 4) is 0 Å². The van der Waals surface area contributed by atoms with Crippen LogP contribution in [0.5, 0.6) is 0 Å². The van der Waals surface area contributed by atoms with Gasteiger partial charge in [0.1, 0.15) is 17.4 Å². The minimum Gasteiger partial charge on any atom is -0.390 e. The van der Waals surface area contributed by atoms with Gasteiger partial charge in [0.15, 0.2) is 0 Å². The van der Waals surface area contributed by atoms with Crippen LogP contribution in [0, 0.1) is 17.6 Å². The normalized spacial score (nSPS) is 17.9. The highest BCUT2D eigenvalue weighted by Crippen LogP contribution is 2.24. The van der Waals surface area contributed by atoms with Crippen LogP contribution in [-0.2, 0) is 29.0 Å². The number of amides is 1. The van der Waals surface area contributed by atoms with Crippen LogP contribution in [0.3, 0.4) is 0 Å². The van der Waals surface area contributed by atoms with E-state index >= 15 is 0 Å². The molecule has 3 rings (SSSR count). The van der Waals surface area contributed by atoms with Gasteiger partial charge in [0.05, 0.1) is 12.1 Å². The maximum absolute atomic E-state index is 13.7. The standard InChI is InChI=1S/C27H34F2N2O3/c1-2-18-5-3-7-20(9-18)16-30-17-26(33)25(13-21-10-22(28)15-23(29)11-21)31-27(34)14-19-6-4-8-24(32)12-19/h3,5,7,9-11,15,19,25-26,30,33H,2,4,6,8,12-14,16-17H2,1H3,(H,31,34). The number of Topliss-reactive ketones (excluding diaryl/α,β-unsaturated/α-hetero) is 1. The summed E-state index contributed by atoms with van der Waals surface area (Å²) in [5.74, 6) is -1.51. The molecule has 2 aromatic rings. The summed E-state index contributed by atoms with van der Waals surface area (Å²) in [5.41, 5.74) is 2.66. The highest BCUT2D eigenvalue weighted by molar-refractivity contribution is 5.81. The van der Waals surface area contributed by atoms with Crippen molar-refractivity contribution in [3.63, 3.8) is 0 Å². The molecule has 34 heavy (non-hydrogen) atoms. The summed E-state index contributed by atoms with van der Waals surface area (Å²) in [6, 6.07) is 10.6. The van der Waals surface area contributed by atoms with E-state index in [0.717, 1.165) is 30.9 Å². The molecule has 0 aromatic heterocycles. The molecule has 3 atom stereocenters. The zero-order valence-electron chi connectivity index (χ0n) is 19.7. The van der Waals surface area contributed by atoms with Gasteiger partial charge in [0.25, 0.3) is 0 Å². The third-order valence-corrected chi connectivity index (χ3v) is 6.33.